The fraction of sp³-hybridized carbons (Fsp3) is 0.412. The highest BCUT2D eigenvalue weighted by Gasteiger charge is 2.12. The van der Waals surface area contributed by atoms with Gasteiger partial charge >= 0.3 is 6.03 Å². The van der Waals surface area contributed by atoms with E-state index in [9.17, 15) is 4.79 Å². The van der Waals surface area contributed by atoms with Gasteiger partial charge in [-0.15, -0.1) is 0 Å². The average Bonchev–Trinajstić information content (AvgIpc) is 2.97. The number of methoxy groups -OCH3 is 1. The fourth-order valence-corrected chi connectivity index (χ4v) is 2.10. The van der Waals surface area contributed by atoms with E-state index in [1.165, 1.54) is 0 Å². The van der Waals surface area contributed by atoms with Crippen LogP contribution in [-0.2, 0) is 22.6 Å². The molecule has 7 nitrogen and oxygen atoms in total. The highest BCUT2D eigenvalue weighted by molar-refractivity contribution is 5.89. The normalized spacial score (nSPS) is 10.6. The van der Waals surface area contributed by atoms with Crippen molar-refractivity contribution in [3.8, 4) is 0 Å². The van der Waals surface area contributed by atoms with Gasteiger partial charge in [0, 0.05) is 25.9 Å². The lowest BCUT2D eigenvalue weighted by atomic mass is 10.2. The number of amides is 2. The molecule has 1 N–H and O–H groups in total. The van der Waals surface area contributed by atoms with E-state index in [4.69, 9.17) is 14.0 Å². The van der Waals surface area contributed by atoms with Gasteiger partial charge < -0.3 is 24.2 Å². The van der Waals surface area contributed by atoms with Crippen LogP contribution in [-0.4, -0.2) is 43.5 Å². The van der Waals surface area contributed by atoms with Crippen LogP contribution >= 0.6 is 0 Å². The summed E-state index contributed by atoms with van der Waals surface area (Å²) in [4.78, 5) is 13.8. The molecule has 0 aliphatic carbocycles. The van der Waals surface area contributed by atoms with E-state index >= 15 is 0 Å². The second-order valence-electron chi connectivity index (χ2n) is 5.46. The van der Waals surface area contributed by atoms with Crippen molar-refractivity contribution in [1.29, 1.82) is 0 Å². The third-order valence-corrected chi connectivity index (χ3v) is 3.30. The first-order chi connectivity index (χ1) is 11.6. The summed E-state index contributed by atoms with van der Waals surface area (Å²) in [5, 5.41) is 6.74. The average molecular weight is 333 g/mol. The Kier molecular flexibility index (Phi) is 6.77. The van der Waals surface area contributed by atoms with E-state index in [1.807, 2.05) is 37.3 Å². The Balaban J connectivity index is 1.86. The molecule has 2 rings (SSSR count). The quantitative estimate of drug-likeness (QED) is 0.752. The molecule has 1 aromatic carbocycles. The summed E-state index contributed by atoms with van der Waals surface area (Å²) in [6.07, 6.45) is 0. The Morgan fingerprint density at radius 2 is 2.17 bits per heavy atom. The molecule has 0 fully saturated rings. The molecule has 0 atom stereocenters. The van der Waals surface area contributed by atoms with Crippen molar-refractivity contribution in [3.05, 3.63) is 47.3 Å². The van der Waals surface area contributed by atoms with Crippen LogP contribution in [0.25, 0.3) is 0 Å². The van der Waals surface area contributed by atoms with Gasteiger partial charge in [-0.2, -0.15) is 0 Å². The summed E-state index contributed by atoms with van der Waals surface area (Å²) in [6.45, 7) is 3.76. The summed E-state index contributed by atoms with van der Waals surface area (Å²) in [5.41, 5.74) is 2.42. The van der Waals surface area contributed by atoms with Crippen LogP contribution in [0.2, 0.25) is 0 Å². The molecule has 2 aromatic rings. The van der Waals surface area contributed by atoms with Gasteiger partial charge in [-0.25, -0.2) is 4.79 Å². The molecule has 1 aromatic heterocycles. The SMILES string of the molecule is COCCOCc1cccc(NC(=O)N(C)Cc2cc(C)on2)c1. The Labute approximate surface area is 141 Å². The zero-order valence-corrected chi connectivity index (χ0v) is 14.2. The van der Waals surface area contributed by atoms with Crippen LogP contribution in [0.4, 0.5) is 10.5 Å². The molecule has 0 radical (unpaired) electrons. The molecular weight excluding hydrogens is 310 g/mol. The van der Waals surface area contributed by atoms with Gasteiger partial charge in [-0.1, -0.05) is 17.3 Å². The van der Waals surface area contributed by atoms with Gasteiger partial charge in [-0.3, -0.25) is 0 Å². The Morgan fingerprint density at radius 3 is 2.88 bits per heavy atom. The number of ether oxygens (including phenoxy) is 2. The van der Waals surface area contributed by atoms with Gasteiger partial charge in [0.05, 0.1) is 26.4 Å². The van der Waals surface area contributed by atoms with Crippen LogP contribution in [0.1, 0.15) is 17.0 Å². The predicted octanol–water partition coefficient (Wildman–Crippen LogP) is 2.81. The van der Waals surface area contributed by atoms with Crippen LogP contribution in [0, 0.1) is 6.92 Å². The minimum atomic E-state index is -0.215. The molecule has 1 heterocycles. The number of aryl methyl sites for hydroxylation is 1. The lowest BCUT2D eigenvalue weighted by molar-refractivity contribution is 0.0617. The van der Waals surface area contributed by atoms with Crippen molar-refractivity contribution in [1.82, 2.24) is 10.1 Å². The summed E-state index contributed by atoms with van der Waals surface area (Å²) < 4.78 is 15.4. The van der Waals surface area contributed by atoms with Crippen LogP contribution in [0.15, 0.2) is 34.9 Å². The predicted molar refractivity (Wildman–Crippen MR) is 89.7 cm³/mol. The Morgan fingerprint density at radius 1 is 1.33 bits per heavy atom. The molecular formula is C17H23N3O4. The fourth-order valence-electron chi connectivity index (χ4n) is 2.10. The van der Waals surface area contributed by atoms with E-state index in [2.05, 4.69) is 10.5 Å². The molecule has 24 heavy (non-hydrogen) atoms. The van der Waals surface area contributed by atoms with E-state index in [1.54, 1.807) is 19.1 Å². The minimum Gasteiger partial charge on any atom is -0.382 e. The largest absolute Gasteiger partial charge is 0.382 e. The van der Waals surface area contributed by atoms with Crippen LogP contribution in [0.5, 0.6) is 0 Å². The van der Waals surface area contributed by atoms with E-state index in [0.29, 0.717) is 32.1 Å². The number of carbonyl (C=O) groups excluding carboxylic acids is 1. The monoisotopic (exact) mass is 333 g/mol. The van der Waals surface area contributed by atoms with Gasteiger partial charge in [0.2, 0.25) is 0 Å². The maximum Gasteiger partial charge on any atom is 0.321 e. The maximum atomic E-state index is 12.2. The first-order valence-corrected chi connectivity index (χ1v) is 7.68. The number of nitrogens with zero attached hydrogens (tertiary/aromatic N) is 2. The molecule has 0 saturated carbocycles. The minimum absolute atomic E-state index is 0.215. The van der Waals surface area contributed by atoms with Crippen LogP contribution in [0.3, 0.4) is 0 Å². The van der Waals surface area contributed by atoms with Gasteiger partial charge in [0.1, 0.15) is 11.5 Å². The molecule has 7 heteroatoms. The highest BCUT2D eigenvalue weighted by Crippen LogP contribution is 2.13. The number of anilines is 1. The zero-order chi connectivity index (χ0) is 17.4. The van der Waals surface area contributed by atoms with Crippen molar-refractivity contribution in [3.63, 3.8) is 0 Å². The molecule has 0 unspecified atom stereocenters. The summed E-state index contributed by atoms with van der Waals surface area (Å²) in [5.74, 6) is 0.722. The van der Waals surface area contributed by atoms with Crippen molar-refractivity contribution < 1.29 is 18.8 Å². The van der Waals surface area contributed by atoms with Crippen molar-refractivity contribution in [2.75, 3.05) is 32.7 Å². The first kappa shape index (κ1) is 18.0. The molecule has 2 amide bonds. The third-order valence-electron chi connectivity index (χ3n) is 3.30. The summed E-state index contributed by atoms with van der Waals surface area (Å²) >= 11 is 0. The van der Waals surface area contributed by atoms with Crippen molar-refractivity contribution in [2.24, 2.45) is 0 Å². The maximum absolute atomic E-state index is 12.2. The molecule has 130 valence electrons. The van der Waals surface area contributed by atoms with Gasteiger partial charge in [0.25, 0.3) is 0 Å². The number of nitrogens with one attached hydrogen (secondary N) is 1. The van der Waals surface area contributed by atoms with Crippen molar-refractivity contribution >= 4 is 11.7 Å². The Hall–Kier alpha value is -2.38. The number of benzene rings is 1. The van der Waals surface area contributed by atoms with Crippen molar-refractivity contribution in [2.45, 2.75) is 20.1 Å². The summed E-state index contributed by atoms with van der Waals surface area (Å²) in [7, 11) is 3.34. The first-order valence-electron chi connectivity index (χ1n) is 7.68. The van der Waals surface area contributed by atoms with E-state index in [0.717, 1.165) is 17.0 Å². The summed E-state index contributed by atoms with van der Waals surface area (Å²) in [6, 6.07) is 9.15. The lowest BCUT2D eigenvalue weighted by Crippen LogP contribution is -2.30. The second kappa shape index (κ2) is 9.05. The molecule has 0 aliphatic heterocycles. The second-order valence-corrected chi connectivity index (χ2v) is 5.46. The van der Waals surface area contributed by atoms with Crippen LogP contribution < -0.4 is 5.32 Å². The smallest absolute Gasteiger partial charge is 0.321 e. The zero-order valence-electron chi connectivity index (χ0n) is 14.2. The Bertz CT molecular complexity index is 657. The number of rotatable bonds is 8. The topological polar surface area (TPSA) is 76.8 Å². The number of carbonyl (C=O) groups is 1. The standard InChI is InChI=1S/C17H23N3O4/c1-13-9-16(19-24-13)11-20(2)17(21)18-15-6-4-5-14(10-15)12-23-8-7-22-3/h4-6,9-10H,7-8,11-12H2,1-3H3,(H,18,21). The van der Waals surface area contributed by atoms with Gasteiger partial charge in [0.15, 0.2) is 0 Å². The third kappa shape index (κ3) is 5.68. The number of aromatic nitrogens is 1. The van der Waals surface area contributed by atoms with E-state index in [-0.39, 0.29) is 6.03 Å². The molecule has 0 saturated heterocycles. The van der Waals surface area contributed by atoms with E-state index < -0.39 is 0 Å². The molecule has 0 aliphatic rings. The number of urea groups is 1. The van der Waals surface area contributed by atoms with Gasteiger partial charge in [-0.05, 0) is 24.6 Å². The highest BCUT2D eigenvalue weighted by atomic mass is 16.5. The molecule has 0 bridgehead atoms. The number of hydrogen-bond donors (Lipinski definition) is 1. The lowest BCUT2D eigenvalue weighted by Gasteiger charge is -2.17. The number of hydrogen-bond acceptors (Lipinski definition) is 5. The molecule has 0 spiro atoms.